The highest BCUT2D eigenvalue weighted by Gasteiger charge is 2.35. The quantitative estimate of drug-likeness (QED) is 0.744. The van der Waals surface area contributed by atoms with Gasteiger partial charge in [0, 0.05) is 21.4 Å². The van der Waals surface area contributed by atoms with Crippen molar-refractivity contribution in [2.24, 2.45) is 5.41 Å². The molecule has 1 heterocycles. The number of hydrogen-bond acceptors (Lipinski definition) is 3. The highest BCUT2D eigenvalue weighted by molar-refractivity contribution is 14.1. The van der Waals surface area contributed by atoms with Crippen LogP contribution in [0.4, 0.5) is 5.69 Å². The second-order valence-electron chi connectivity index (χ2n) is 6.62. The van der Waals surface area contributed by atoms with Crippen molar-refractivity contribution in [1.82, 2.24) is 4.90 Å². The molecule has 1 saturated heterocycles. The summed E-state index contributed by atoms with van der Waals surface area (Å²) < 4.78 is 1.07. The summed E-state index contributed by atoms with van der Waals surface area (Å²) >= 11 is 3.84. The van der Waals surface area contributed by atoms with Crippen molar-refractivity contribution in [2.75, 3.05) is 16.9 Å². The minimum Gasteiger partial charge on any atom is -0.324 e. The molecule has 1 fully saturated rings. The Morgan fingerprint density at radius 1 is 1.41 bits per heavy atom. The van der Waals surface area contributed by atoms with E-state index < -0.39 is 0 Å². The number of halogens is 1. The van der Waals surface area contributed by atoms with E-state index in [1.165, 1.54) is 0 Å². The normalized spacial score (nSPS) is 18.4. The lowest BCUT2D eigenvalue weighted by molar-refractivity contribution is -0.137. The standard InChI is InChI=1S/C16H21IN2O2S/c1-16(2,3)8-14(20)19-10-22-9-13(19)15(21)18-12-6-4-5-11(17)7-12/h4-7,13H,8-10H2,1-3H3,(H,18,21). The number of carbonyl (C=O) groups excluding carboxylic acids is 2. The number of rotatable bonds is 3. The van der Waals surface area contributed by atoms with E-state index in [2.05, 4.69) is 27.9 Å². The topological polar surface area (TPSA) is 49.4 Å². The minimum absolute atomic E-state index is 0.0558. The summed E-state index contributed by atoms with van der Waals surface area (Å²) in [5.74, 6) is 1.21. The number of hydrogen-bond donors (Lipinski definition) is 1. The van der Waals surface area contributed by atoms with Crippen LogP contribution in [0.15, 0.2) is 24.3 Å². The first-order chi connectivity index (χ1) is 10.3. The molecule has 0 aromatic heterocycles. The van der Waals surface area contributed by atoms with Crippen molar-refractivity contribution < 1.29 is 9.59 Å². The van der Waals surface area contributed by atoms with Gasteiger partial charge in [-0.1, -0.05) is 26.8 Å². The molecule has 0 spiro atoms. The van der Waals surface area contributed by atoms with E-state index >= 15 is 0 Å². The molecule has 120 valence electrons. The summed E-state index contributed by atoms with van der Waals surface area (Å²) in [6.07, 6.45) is 0.459. The third-order valence-corrected chi connectivity index (χ3v) is 4.96. The molecule has 22 heavy (non-hydrogen) atoms. The van der Waals surface area contributed by atoms with Gasteiger partial charge in [-0.2, -0.15) is 0 Å². The summed E-state index contributed by atoms with van der Waals surface area (Å²) in [6.45, 7) is 6.11. The van der Waals surface area contributed by atoms with E-state index in [4.69, 9.17) is 0 Å². The lowest BCUT2D eigenvalue weighted by Gasteiger charge is -2.26. The Balaban J connectivity index is 2.03. The molecule has 0 bridgehead atoms. The van der Waals surface area contributed by atoms with Crippen molar-refractivity contribution in [3.63, 3.8) is 0 Å². The maximum atomic E-state index is 12.5. The zero-order valence-electron chi connectivity index (χ0n) is 13.1. The predicted molar refractivity (Wildman–Crippen MR) is 99.8 cm³/mol. The average Bonchev–Trinajstić information content (AvgIpc) is 2.85. The van der Waals surface area contributed by atoms with Gasteiger partial charge in [0.25, 0.3) is 0 Å². The molecule has 4 nitrogen and oxygen atoms in total. The summed E-state index contributed by atoms with van der Waals surface area (Å²) in [5.41, 5.74) is 0.706. The van der Waals surface area contributed by atoms with Crippen LogP contribution in [0.3, 0.4) is 0 Å². The molecule has 1 unspecified atom stereocenters. The average molecular weight is 432 g/mol. The monoisotopic (exact) mass is 432 g/mol. The SMILES string of the molecule is CC(C)(C)CC(=O)N1CSCC1C(=O)Nc1cccc(I)c1. The molecule has 2 amide bonds. The van der Waals surface area contributed by atoms with Gasteiger partial charge in [-0.05, 0) is 46.2 Å². The molecule has 1 aromatic rings. The van der Waals surface area contributed by atoms with Crippen LogP contribution in [0.5, 0.6) is 0 Å². The number of nitrogens with zero attached hydrogens (tertiary/aromatic N) is 1. The van der Waals surface area contributed by atoms with Crippen LogP contribution in [0.2, 0.25) is 0 Å². The van der Waals surface area contributed by atoms with Gasteiger partial charge in [-0.25, -0.2) is 0 Å². The maximum Gasteiger partial charge on any atom is 0.248 e. The predicted octanol–water partition coefficient (Wildman–Crippen LogP) is 3.57. The van der Waals surface area contributed by atoms with Gasteiger partial charge < -0.3 is 10.2 Å². The van der Waals surface area contributed by atoms with E-state index in [0.717, 1.165) is 9.26 Å². The molecule has 1 N–H and O–H groups in total. The highest BCUT2D eigenvalue weighted by Crippen LogP contribution is 2.27. The van der Waals surface area contributed by atoms with Crippen LogP contribution in [-0.2, 0) is 9.59 Å². The van der Waals surface area contributed by atoms with Crippen molar-refractivity contribution in [1.29, 1.82) is 0 Å². The first-order valence-electron chi connectivity index (χ1n) is 7.20. The third kappa shape index (κ3) is 4.87. The highest BCUT2D eigenvalue weighted by atomic mass is 127. The maximum absolute atomic E-state index is 12.5. The molecule has 1 atom stereocenters. The molecule has 0 radical (unpaired) electrons. The van der Waals surface area contributed by atoms with Crippen LogP contribution in [0.25, 0.3) is 0 Å². The van der Waals surface area contributed by atoms with Crippen molar-refractivity contribution in [2.45, 2.75) is 33.2 Å². The second kappa shape index (κ2) is 7.21. The number of carbonyl (C=O) groups is 2. The minimum atomic E-state index is -0.377. The summed E-state index contributed by atoms with van der Waals surface area (Å²) in [6, 6.07) is 7.29. The van der Waals surface area contributed by atoms with Crippen LogP contribution in [-0.4, -0.2) is 34.4 Å². The molecular formula is C16H21IN2O2S. The zero-order valence-corrected chi connectivity index (χ0v) is 16.0. The number of thioether (sulfide) groups is 1. The number of anilines is 1. The molecule has 1 aliphatic rings. The summed E-state index contributed by atoms with van der Waals surface area (Å²) in [5, 5.41) is 2.92. The lowest BCUT2D eigenvalue weighted by Crippen LogP contribution is -2.45. The van der Waals surface area contributed by atoms with Gasteiger partial charge in [0.15, 0.2) is 0 Å². The Morgan fingerprint density at radius 3 is 2.77 bits per heavy atom. The van der Waals surface area contributed by atoms with E-state index in [9.17, 15) is 9.59 Å². The number of benzene rings is 1. The van der Waals surface area contributed by atoms with Gasteiger partial charge in [0.05, 0.1) is 5.88 Å². The Labute approximate surface area is 149 Å². The van der Waals surface area contributed by atoms with E-state index in [-0.39, 0.29) is 23.3 Å². The molecule has 1 aliphatic heterocycles. The zero-order chi connectivity index (χ0) is 16.3. The lowest BCUT2D eigenvalue weighted by atomic mass is 9.91. The van der Waals surface area contributed by atoms with Gasteiger partial charge in [0.2, 0.25) is 11.8 Å². The molecular weight excluding hydrogens is 411 g/mol. The molecule has 2 rings (SSSR count). The fourth-order valence-electron chi connectivity index (χ4n) is 2.25. The molecule has 0 aliphatic carbocycles. The Kier molecular flexibility index (Phi) is 5.76. The van der Waals surface area contributed by atoms with Gasteiger partial charge in [0.1, 0.15) is 6.04 Å². The van der Waals surface area contributed by atoms with Crippen molar-refractivity contribution in [3.8, 4) is 0 Å². The van der Waals surface area contributed by atoms with E-state index in [1.54, 1.807) is 16.7 Å². The van der Waals surface area contributed by atoms with E-state index in [1.807, 2.05) is 45.0 Å². The van der Waals surface area contributed by atoms with Gasteiger partial charge in [-0.15, -0.1) is 11.8 Å². The summed E-state index contributed by atoms with van der Waals surface area (Å²) in [4.78, 5) is 26.6. The van der Waals surface area contributed by atoms with Crippen LogP contribution in [0.1, 0.15) is 27.2 Å². The first kappa shape index (κ1) is 17.6. The fourth-order valence-corrected chi connectivity index (χ4v) is 3.98. The Bertz CT molecular complexity index is 572. The third-order valence-electron chi connectivity index (χ3n) is 3.28. The Morgan fingerprint density at radius 2 is 2.14 bits per heavy atom. The first-order valence-corrected chi connectivity index (χ1v) is 9.43. The summed E-state index contributed by atoms with van der Waals surface area (Å²) in [7, 11) is 0. The second-order valence-corrected chi connectivity index (χ2v) is 8.86. The molecule has 0 saturated carbocycles. The van der Waals surface area contributed by atoms with Crippen LogP contribution >= 0.6 is 34.4 Å². The molecule has 1 aromatic carbocycles. The Hall–Kier alpha value is -0.760. The number of nitrogens with one attached hydrogen (secondary N) is 1. The van der Waals surface area contributed by atoms with Gasteiger partial charge >= 0.3 is 0 Å². The largest absolute Gasteiger partial charge is 0.324 e. The molecule has 6 heteroatoms. The smallest absolute Gasteiger partial charge is 0.248 e. The van der Waals surface area contributed by atoms with E-state index in [0.29, 0.717) is 18.1 Å². The van der Waals surface area contributed by atoms with Crippen molar-refractivity contribution in [3.05, 3.63) is 27.8 Å². The fraction of sp³-hybridized carbons (Fsp3) is 0.500. The van der Waals surface area contributed by atoms with Crippen molar-refractivity contribution >= 4 is 51.9 Å². The van der Waals surface area contributed by atoms with Crippen LogP contribution < -0.4 is 5.32 Å². The van der Waals surface area contributed by atoms with Gasteiger partial charge in [-0.3, -0.25) is 9.59 Å². The number of amides is 2. The van der Waals surface area contributed by atoms with Crippen LogP contribution in [0, 0.1) is 8.99 Å².